The van der Waals surface area contributed by atoms with Crippen LogP contribution in [0.2, 0.25) is 0 Å². The van der Waals surface area contributed by atoms with Crippen LogP contribution in [0, 0.1) is 0 Å². The van der Waals surface area contributed by atoms with Gasteiger partial charge in [-0.15, -0.1) is 0 Å². The fourth-order valence-electron chi connectivity index (χ4n) is 3.07. The van der Waals surface area contributed by atoms with Gasteiger partial charge in [-0.2, -0.15) is 0 Å². The van der Waals surface area contributed by atoms with Gasteiger partial charge in [0.05, 0.1) is 0 Å². The average Bonchev–Trinajstić information content (AvgIpc) is 2.75. The first-order valence-corrected chi connectivity index (χ1v) is 12.9. The molecule has 4 aromatic rings. The largest absolute Gasteiger partial charge is 0.428 e. The van der Waals surface area contributed by atoms with E-state index in [1.807, 2.05) is 109 Å². The van der Waals surface area contributed by atoms with Gasteiger partial charge >= 0.3 is 5.69 Å². The molecule has 4 aromatic carbocycles. The van der Waals surface area contributed by atoms with E-state index in [1.54, 1.807) is 0 Å². The van der Waals surface area contributed by atoms with Crippen LogP contribution in [0.5, 0.6) is 11.5 Å². The highest BCUT2D eigenvalue weighted by molar-refractivity contribution is 8.60. The second kappa shape index (κ2) is 8.87. The predicted molar refractivity (Wildman–Crippen MR) is 128 cm³/mol. The SMILES string of the molecule is S=P(S)(Oc1ccccc1-c1ccccc1)Oc1ccccc1-c1ccccc1. The third-order valence-electron chi connectivity index (χ3n) is 4.37. The lowest BCUT2D eigenvalue weighted by Gasteiger charge is -2.22. The molecule has 0 saturated heterocycles. The summed E-state index contributed by atoms with van der Waals surface area (Å²) in [4.78, 5) is 0. The minimum absolute atomic E-state index is 0.661. The molecule has 29 heavy (non-hydrogen) atoms. The van der Waals surface area contributed by atoms with E-state index in [0.717, 1.165) is 22.3 Å². The number of thiol groups is 1. The van der Waals surface area contributed by atoms with E-state index in [2.05, 4.69) is 12.2 Å². The number of hydrogen-bond acceptors (Lipinski definition) is 3. The third-order valence-corrected chi connectivity index (χ3v) is 6.16. The summed E-state index contributed by atoms with van der Waals surface area (Å²) in [6, 6.07) is 35.7. The zero-order valence-corrected chi connectivity index (χ0v) is 18.1. The van der Waals surface area contributed by atoms with Gasteiger partial charge < -0.3 is 9.05 Å². The Hall–Kier alpha value is -2.52. The van der Waals surface area contributed by atoms with Gasteiger partial charge in [-0.1, -0.05) is 109 Å². The predicted octanol–water partition coefficient (Wildman–Crippen LogP) is 7.63. The average molecular weight is 435 g/mol. The van der Waals surface area contributed by atoms with Gasteiger partial charge in [0.25, 0.3) is 0 Å². The second-order valence-corrected chi connectivity index (χ2v) is 11.5. The Morgan fingerprint density at radius 3 is 1.28 bits per heavy atom. The van der Waals surface area contributed by atoms with Crippen LogP contribution in [0.4, 0.5) is 0 Å². The molecule has 144 valence electrons. The fraction of sp³-hybridized carbons (Fsp3) is 0. The molecule has 0 unspecified atom stereocenters. The summed E-state index contributed by atoms with van der Waals surface area (Å²) < 4.78 is 12.3. The normalized spacial score (nSPS) is 11.1. The smallest absolute Gasteiger partial charge is 0.345 e. The van der Waals surface area contributed by atoms with Crippen LogP contribution >= 0.6 is 17.9 Å². The van der Waals surface area contributed by atoms with Crippen molar-refractivity contribution in [3.05, 3.63) is 109 Å². The van der Waals surface area contributed by atoms with Crippen molar-refractivity contribution in [2.75, 3.05) is 0 Å². The second-order valence-electron chi connectivity index (χ2n) is 6.38. The Balaban J connectivity index is 1.63. The van der Waals surface area contributed by atoms with Crippen molar-refractivity contribution >= 4 is 29.7 Å². The molecular formula is C24H19O2PS2. The third kappa shape index (κ3) is 4.91. The topological polar surface area (TPSA) is 18.5 Å². The Bertz CT molecular complexity index is 1060. The zero-order chi connectivity index (χ0) is 20.1. The van der Waals surface area contributed by atoms with Gasteiger partial charge in [0.15, 0.2) is 0 Å². The molecule has 5 heteroatoms. The molecule has 0 aromatic heterocycles. The summed E-state index contributed by atoms with van der Waals surface area (Å²) in [5, 5.41) is 0. The Morgan fingerprint density at radius 2 is 0.862 bits per heavy atom. The van der Waals surface area contributed by atoms with Gasteiger partial charge in [0, 0.05) is 11.1 Å². The highest BCUT2D eigenvalue weighted by atomic mass is 32.9. The number of benzene rings is 4. The molecule has 4 rings (SSSR count). The van der Waals surface area contributed by atoms with Crippen LogP contribution < -0.4 is 9.05 Å². The minimum Gasteiger partial charge on any atom is -0.428 e. The fourth-order valence-corrected chi connectivity index (χ4v) is 4.93. The maximum absolute atomic E-state index is 6.15. The van der Waals surface area contributed by atoms with Gasteiger partial charge in [-0.25, -0.2) is 0 Å². The van der Waals surface area contributed by atoms with Crippen molar-refractivity contribution < 1.29 is 9.05 Å². The molecule has 0 saturated carbocycles. The van der Waals surface area contributed by atoms with Crippen molar-refractivity contribution in [1.82, 2.24) is 0 Å². The molecule has 0 N–H and O–H groups in total. The van der Waals surface area contributed by atoms with E-state index in [0.29, 0.717) is 11.5 Å². The van der Waals surface area contributed by atoms with E-state index >= 15 is 0 Å². The molecule has 0 aliphatic rings. The standard InChI is InChI=1S/C24H19O2PS2/c28-27(29,25-23-17-9-7-15-21(23)19-11-3-1-4-12-19)26-24-18-10-8-16-22(24)20-13-5-2-6-14-20/h1-18H,(H,28,29). The molecule has 0 amide bonds. The summed E-state index contributed by atoms with van der Waals surface area (Å²) in [6.07, 6.45) is 0. The van der Waals surface area contributed by atoms with E-state index < -0.39 is 5.69 Å². The molecule has 0 bridgehead atoms. The first-order valence-electron chi connectivity index (χ1n) is 9.13. The van der Waals surface area contributed by atoms with Gasteiger partial charge in [-0.3, -0.25) is 0 Å². The lowest BCUT2D eigenvalue weighted by Crippen LogP contribution is -1.98. The molecule has 0 spiro atoms. The van der Waals surface area contributed by atoms with Crippen LogP contribution in [-0.4, -0.2) is 0 Å². The van der Waals surface area contributed by atoms with Crippen LogP contribution in [0.3, 0.4) is 0 Å². The summed E-state index contributed by atoms with van der Waals surface area (Å²) >= 11 is 10.3. The molecule has 0 aliphatic heterocycles. The molecule has 0 fully saturated rings. The highest BCUT2D eigenvalue weighted by Gasteiger charge is 2.21. The zero-order valence-electron chi connectivity index (χ0n) is 15.5. The van der Waals surface area contributed by atoms with Crippen molar-refractivity contribution in [2.45, 2.75) is 0 Å². The quantitative estimate of drug-likeness (QED) is 0.249. The van der Waals surface area contributed by atoms with Crippen molar-refractivity contribution in [3.63, 3.8) is 0 Å². The van der Waals surface area contributed by atoms with Crippen LogP contribution in [-0.2, 0) is 11.8 Å². The van der Waals surface area contributed by atoms with Crippen molar-refractivity contribution in [2.24, 2.45) is 0 Å². The summed E-state index contributed by atoms with van der Waals surface area (Å²) in [5.41, 5.74) is 1.11. The molecule has 0 atom stereocenters. The first kappa shape index (κ1) is 19.8. The van der Waals surface area contributed by atoms with Crippen LogP contribution in [0.25, 0.3) is 22.3 Å². The monoisotopic (exact) mass is 434 g/mol. The lowest BCUT2D eigenvalue weighted by atomic mass is 10.1. The Labute approximate surface area is 181 Å². The van der Waals surface area contributed by atoms with E-state index in [1.165, 1.54) is 0 Å². The van der Waals surface area contributed by atoms with Crippen LogP contribution in [0.1, 0.15) is 0 Å². The lowest BCUT2D eigenvalue weighted by molar-refractivity contribution is 0.509. The van der Waals surface area contributed by atoms with E-state index in [9.17, 15) is 0 Å². The maximum atomic E-state index is 6.15. The van der Waals surface area contributed by atoms with Crippen LogP contribution in [0.15, 0.2) is 109 Å². The first-order chi connectivity index (χ1) is 14.1. The number of rotatable bonds is 6. The molecule has 2 nitrogen and oxygen atoms in total. The number of para-hydroxylation sites is 2. The highest BCUT2D eigenvalue weighted by Crippen LogP contribution is 2.55. The summed E-state index contributed by atoms with van der Waals surface area (Å²) in [5.74, 6) is 1.32. The number of hydrogen-bond donors (Lipinski definition) is 1. The van der Waals surface area contributed by atoms with Crippen molar-refractivity contribution in [3.8, 4) is 33.8 Å². The molecule has 0 radical (unpaired) electrons. The maximum Gasteiger partial charge on any atom is 0.345 e. The minimum atomic E-state index is -2.90. The summed E-state index contributed by atoms with van der Waals surface area (Å²) in [6.45, 7) is 0. The van der Waals surface area contributed by atoms with E-state index in [4.69, 9.17) is 20.9 Å². The molecule has 0 aliphatic carbocycles. The Kier molecular flexibility index (Phi) is 6.05. The molecule has 0 heterocycles. The van der Waals surface area contributed by atoms with Gasteiger partial charge in [0.2, 0.25) is 0 Å². The molecular weight excluding hydrogens is 415 g/mol. The van der Waals surface area contributed by atoms with Crippen molar-refractivity contribution in [1.29, 1.82) is 0 Å². The van der Waals surface area contributed by atoms with Gasteiger partial charge in [-0.05, 0) is 35.1 Å². The van der Waals surface area contributed by atoms with E-state index in [-0.39, 0.29) is 0 Å². The Morgan fingerprint density at radius 1 is 0.517 bits per heavy atom. The summed E-state index contributed by atoms with van der Waals surface area (Å²) in [7, 11) is 0. The van der Waals surface area contributed by atoms with Gasteiger partial charge in [0.1, 0.15) is 11.5 Å².